The molecule has 0 amide bonds. The van der Waals surface area contributed by atoms with Gasteiger partial charge in [0, 0.05) is 21.8 Å². The third-order valence-corrected chi connectivity index (χ3v) is 3.02. The van der Waals surface area contributed by atoms with Gasteiger partial charge in [0.25, 0.3) is 0 Å². The molecule has 80 valence electrons. The minimum Gasteiger partial charge on any atom is -0.496 e. The van der Waals surface area contributed by atoms with Gasteiger partial charge in [-0.05, 0) is 30.7 Å². The number of nitrogens with one attached hydrogen (secondary N) is 1. The van der Waals surface area contributed by atoms with E-state index in [4.69, 9.17) is 4.74 Å². The summed E-state index contributed by atoms with van der Waals surface area (Å²) in [6.07, 6.45) is 0. The van der Waals surface area contributed by atoms with Crippen LogP contribution in [0.15, 0.2) is 36.4 Å². The number of para-hydroxylation sites is 1. The van der Waals surface area contributed by atoms with E-state index in [9.17, 15) is 0 Å². The van der Waals surface area contributed by atoms with Crippen molar-refractivity contribution in [1.82, 2.24) is 4.98 Å². The summed E-state index contributed by atoms with van der Waals surface area (Å²) < 4.78 is 5.36. The molecule has 0 aliphatic rings. The molecule has 0 atom stereocenters. The summed E-state index contributed by atoms with van der Waals surface area (Å²) >= 11 is 0. The Bertz CT molecular complexity index is 667. The zero-order chi connectivity index (χ0) is 11.1. The van der Waals surface area contributed by atoms with Gasteiger partial charge in [-0.25, -0.2) is 0 Å². The van der Waals surface area contributed by atoms with Crippen LogP contribution in [0.25, 0.3) is 21.8 Å². The number of aromatic nitrogens is 1. The summed E-state index contributed by atoms with van der Waals surface area (Å²) in [6.45, 7) is 2.06. The third kappa shape index (κ3) is 1.20. The van der Waals surface area contributed by atoms with Crippen LogP contribution in [0.4, 0.5) is 0 Å². The molecule has 16 heavy (non-hydrogen) atoms. The van der Waals surface area contributed by atoms with Gasteiger partial charge in [0.05, 0.1) is 7.11 Å². The number of benzene rings is 2. The summed E-state index contributed by atoms with van der Waals surface area (Å²) in [6, 6.07) is 12.6. The van der Waals surface area contributed by atoms with E-state index in [0.29, 0.717) is 0 Å². The largest absolute Gasteiger partial charge is 0.496 e. The van der Waals surface area contributed by atoms with Crippen molar-refractivity contribution in [2.24, 2.45) is 0 Å². The lowest BCUT2D eigenvalue weighted by Crippen LogP contribution is -1.86. The highest BCUT2D eigenvalue weighted by molar-refractivity contribution is 6.07. The number of hydrogen-bond donors (Lipinski definition) is 1. The highest BCUT2D eigenvalue weighted by Crippen LogP contribution is 2.30. The van der Waals surface area contributed by atoms with Crippen molar-refractivity contribution >= 4 is 21.8 Å². The smallest absolute Gasteiger partial charge is 0.122 e. The summed E-state index contributed by atoms with van der Waals surface area (Å²) in [5.41, 5.74) is 3.49. The van der Waals surface area contributed by atoms with Crippen molar-refractivity contribution in [2.45, 2.75) is 6.92 Å². The van der Waals surface area contributed by atoms with Crippen LogP contribution in [0.3, 0.4) is 0 Å². The van der Waals surface area contributed by atoms with Gasteiger partial charge in [0.15, 0.2) is 0 Å². The number of aryl methyl sites for hydroxylation is 1. The summed E-state index contributed by atoms with van der Waals surface area (Å²) in [7, 11) is 1.71. The predicted octanol–water partition coefficient (Wildman–Crippen LogP) is 3.64. The number of ether oxygens (including phenoxy) is 1. The van der Waals surface area contributed by atoms with Crippen LogP contribution in [0.1, 0.15) is 5.56 Å². The van der Waals surface area contributed by atoms with E-state index in [1.165, 1.54) is 21.8 Å². The van der Waals surface area contributed by atoms with Crippen molar-refractivity contribution in [2.75, 3.05) is 7.11 Å². The Morgan fingerprint density at radius 1 is 1.00 bits per heavy atom. The molecule has 0 bridgehead atoms. The van der Waals surface area contributed by atoms with Gasteiger partial charge < -0.3 is 9.72 Å². The van der Waals surface area contributed by atoms with Crippen LogP contribution in [-0.2, 0) is 0 Å². The van der Waals surface area contributed by atoms with E-state index >= 15 is 0 Å². The molecule has 0 spiro atoms. The normalized spacial score (nSPS) is 11.1. The Balaban J connectivity index is 2.47. The molecule has 1 aromatic heterocycles. The summed E-state index contributed by atoms with van der Waals surface area (Å²) in [5, 5.41) is 2.47. The Labute approximate surface area is 93.8 Å². The number of hydrogen-bond acceptors (Lipinski definition) is 1. The molecule has 0 saturated heterocycles. The Kier molecular flexibility index (Phi) is 1.90. The van der Waals surface area contributed by atoms with E-state index in [-0.39, 0.29) is 0 Å². The van der Waals surface area contributed by atoms with E-state index in [0.717, 1.165) is 11.3 Å². The monoisotopic (exact) mass is 211 g/mol. The maximum atomic E-state index is 5.36. The lowest BCUT2D eigenvalue weighted by atomic mass is 10.1. The molecular weight excluding hydrogens is 198 g/mol. The molecule has 1 heterocycles. The Morgan fingerprint density at radius 3 is 2.62 bits per heavy atom. The fourth-order valence-electron chi connectivity index (χ4n) is 2.21. The molecule has 2 heteroatoms. The molecule has 3 aromatic rings. The van der Waals surface area contributed by atoms with Crippen LogP contribution < -0.4 is 4.74 Å². The van der Waals surface area contributed by atoms with Crippen LogP contribution >= 0.6 is 0 Å². The van der Waals surface area contributed by atoms with Crippen molar-refractivity contribution < 1.29 is 4.74 Å². The molecule has 1 N–H and O–H groups in total. The first-order chi connectivity index (χ1) is 7.79. The second kappa shape index (κ2) is 3.27. The average molecular weight is 211 g/mol. The third-order valence-electron chi connectivity index (χ3n) is 3.02. The fourth-order valence-corrected chi connectivity index (χ4v) is 2.21. The average Bonchev–Trinajstić information content (AvgIpc) is 2.65. The minimum atomic E-state index is 0.942. The molecule has 0 aliphatic carbocycles. The van der Waals surface area contributed by atoms with Crippen LogP contribution in [0.2, 0.25) is 0 Å². The SMILES string of the molecule is COc1cc2c(cc1C)[nH]c1ccccc12. The van der Waals surface area contributed by atoms with E-state index in [1.54, 1.807) is 7.11 Å². The van der Waals surface area contributed by atoms with Gasteiger partial charge in [-0.15, -0.1) is 0 Å². The number of H-pyrrole nitrogens is 1. The van der Waals surface area contributed by atoms with Gasteiger partial charge in [0.2, 0.25) is 0 Å². The number of fused-ring (bicyclic) bond motifs is 3. The predicted molar refractivity (Wildman–Crippen MR) is 67.1 cm³/mol. The van der Waals surface area contributed by atoms with E-state index in [2.05, 4.69) is 42.2 Å². The first kappa shape index (κ1) is 9.28. The maximum absolute atomic E-state index is 5.36. The maximum Gasteiger partial charge on any atom is 0.122 e. The number of aromatic amines is 1. The summed E-state index contributed by atoms with van der Waals surface area (Å²) in [4.78, 5) is 3.41. The highest BCUT2D eigenvalue weighted by Gasteiger charge is 2.06. The van der Waals surface area contributed by atoms with Crippen molar-refractivity contribution in [3.63, 3.8) is 0 Å². The second-order valence-electron chi connectivity index (χ2n) is 4.04. The molecule has 0 fully saturated rings. The molecule has 0 unspecified atom stereocenters. The molecule has 2 nitrogen and oxygen atoms in total. The first-order valence-electron chi connectivity index (χ1n) is 5.34. The van der Waals surface area contributed by atoms with Crippen LogP contribution in [0.5, 0.6) is 5.75 Å². The van der Waals surface area contributed by atoms with E-state index < -0.39 is 0 Å². The number of rotatable bonds is 1. The molecular formula is C14H13NO. The van der Waals surface area contributed by atoms with Gasteiger partial charge in [-0.2, -0.15) is 0 Å². The topological polar surface area (TPSA) is 25.0 Å². The van der Waals surface area contributed by atoms with Gasteiger partial charge >= 0.3 is 0 Å². The zero-order valence-corrected chi connectivity index (χ0v) is 9.37. The zero-order valence-electron chi connectivity index (χ0n) is 9.37. The molecule has 0 radical (unpaired) electrons. The van der Waals surface area contributed by atoms with Crippen LogP contribution in [-0.4, -0.2) is 12.1 Å². The van der Waals surface area contributed by atoms with Gasteiger partial charge in [-0.3, -0.25) is 0 Å². The Morgan fingerprint density at radius 2 is 1.81 bits per heavy atom. The minimum absolute atomic E-state index is 0.942. The van der Waals surface area contributed by atoms with Gasteiger partial charge in [0.1, 0.15) is 5.75 Å². The van der Waals surface area contributed by atoms with Crippen LogP contribution in [0, 0.1) is 6.92 Å². The Hall–Kier alpha value is -1.96. The number of methoxy groups -OCH3 is 1. The molecule has 0 aliphatic heterocycles. The lowest BCUT2D eigenvalue weighted by Gasteiger charge is -2.03. The quantitative estimate of drug-likeness (QED) is 0.653. The van der Waals surface area contributed by atoms with E-state index in [1.807, 2.05) is 6.07 Å². The second-order valence-corrected chi connectivity index (χ2v) is 4.04. The van der Waals surface area contributed by atoms with Crippen molar-refractivity contribution in [3.8, 4) is 5.75 Å². The highest BCUT2D eigenvalue weighted by atomic mass is 16.5. The molecule has 3 rings (SSSR count). The molecule has 2 aromatic carbocycles. The van der Waals surface area contributed by atoms with Crippen molar-refractivity contribution in [1.29, 1.82) is 0 Å². The van der Waals surface area contributed by atoms with Gasteiger partial charge in [-0.1, -0.05) is 18.2 Å². The van der Waals surface area contributed by atoms with Crippen molar-refractivity contribution in [3.05, 3.63) is 42.0 Å². The fraction of sp³-hybridized carbons (Fsp3) is 0.143. The standard InChI is InChI=1S/C14H13NO/c1-9-7-13-11(8-14(9)16-2)10-5-3-4-6-12(10)15-13/h3-8,15H,1-2H3. The lowest BCUT2D eigenvalue weighted by molar-refractivity contribution is 0.412. The summed E-state index contributed by atoms with van der Waals surface area (Å²) in [5.74, 6) is 0.942. The first-order valence-corrected chi connectivity index (χ1v) is 5.34. The molecule has 0 saturated carbocycles.